The minimum atomic E-state index is -2.62. The lowest BCUT2D eigenvalue weighted by molar-refractivity contribution is 0.0774. The molecule has 0 bridgehead atoms. The fraction of sp³-hybridized carbons (Fsp3) is 0.273. The fourth-order valence-electron chi connectivity index (χ4n) is 4.10. The Morgan fingerprint density at radius 3 is 3.03 bits per heavy atom. The average molecular weight is 499 g/mol. The van der Waals surface area contributed by atoms with Gasteiger partial charge >= 0.3 is 0 Å². The summed E-state index contributed by atoms with van der Waals surface area (Å²) in [5.41, 5.74) is 2.01. The number of carbonyl (C=O) groups excluding carboxylic acids is 2. The van der Waals surface area contributed by atoms with Gasteiger partial charge in [-0.15, -0.1) is 11.3 Å². The van der Waals surface area contributed by atoms with Crippen molar-refractivity contribution in [3.8, 4) is 11.8 Å². The van der Waals surface area contributed by atoms with E-state index in [0.29, 0.717) is 33.8 Å². The molecule has 172 valence electrons. The highest BCUT2D eigenvalue weighted by atomic mass is 35.5. The van der Waals surface area contributed by atoms with E-state index in [1.807, 2.05) is 13.0 Å². The Morgan fingerprint density at radius 2 is 2.18 bits per heavy atom. The number of amides is 2. The summed E-state index contributed by atoms with van der Waals surface area (Å²) in [6, 6.07) is 3.59. The van der Waals surface area contributed by atoms with Crippen LogP contribution in [0.4, 0.5) is 5.69 Å². The summed E-state index contributed by atoms with van der Waals surface area (Å²) in [5, 5.41) is 6.94. The van der Waals surface area contributed by atoms with Crippen LogP contribution in [0.2, 0.25) is 5.28 Å². The highest BCUT2D eigenvalue weighted by Crippen LogP contribution is 2.40. The van der Waals surface area contributed by atoms with Gasteiger partial charge in [0.05, 0.1) is 28.6 Å². The van der Waals surface area contributed by atoms with E-state index in [-0.39, 0.29) is 47.5 Å². The Hall–Kier alpha value is -3.57. The molecule has 0 spiro atoms. The second kappa shape index (κ2) is 7.74. The standard InChI is InChI=1S/C22H18ClN7O3S/c1-9-7-24-17-15-12(34-18(17)19(31)26-9)4-3-11-16(15)25-8-13(27-11)33-20-14-10(28-22(23)29-20)5-6-30(2)21(14)32/h3-4,8-9,24H,5-7H2,1-2H3,(H,26,31)/i2D3. The third-order valence-corrected chi connectivity index (χ3v) is 6.99. The molecule has 1 atom stereocenters. The zero-order valence-electron chi connectivity index (χ0n) is 20.7. The summed E-state index contributed by atoms with van der Waals surface area (Å²) in [5.74, 6) is -1.08. The van der Waals surface area contributed by atoms with E-state index in [0.717, 1.165) is 15.0 Å². The number of nitrogens with zero attached hydrogens (tertiary/aromatic N) is 5. The molecule has 0 saturated heterocycles. The van der Waals surface area contributed by atoms with E-state index in [2.05, 4.69) is 30.6 Å². The number of halogens is 1. The Labute approximate surface area is 206 Å². The summed E-state index contributed by atoms with van der Waals surface area (Å²) in [7, 11) is 0. The van der Waals surface area contributed by atoms with Gasteiger partial charge < -0.3 is 20.3 Å². The van der Waals surface area contributed by atoms with Crippen LogP contribution < -0.4 is 15.4 Å². The van der Waals surface area contributed by atoms with Crippen molar-refractivity contribution < 1.29 is 18.4 Å². The number of likely N-dealkylation sites (N-methyl/N-ethyl adjacent to an activating group) is 1. The van der Waals surface area contributed by atoms with Crippen molar-refractivity contribution in [3.63, 3.8) is 0 Å². The first-order valence-electron chi connectivity index (χ1n) is 11.9. The van der Waals surface area contributed by atoms with Crippen LogP contribution in [0.25, 0.3) is 21.1 Å². The average Bonchev–Trinajstić information content (AvgIpc) is 3.14. The summed E-state index contributed by atoms with van der Waals surface area (Å²) < 4.78 is 29.7. The number of benzene rings is 1. The Kier molecular flexibility index (Phi) is 4.06. The lowest BCUT2D eigenvalue weighted by atomic mass is 10.1. The van der Waals surface area contributed by atoms with E-state index >= 15 is 0 Å². The SMILES string of the molecule is [2H]C([2H])([2H])N1CCc2nc(Cl)nc(Oc3cnc4c(ccc5sc6c(c54)NCC(C)NC6=O)n3)c2C1=O. The van der Waals surface area contributed by atoms with Crippen LogP contribution in [-0.2, 0) is 6.42 Å². The number of ether oxygens (including phenoxy) is 1. The molecule has 0 aliphatic carbocycles. The molecule has 34 heavy (non-hydrogen) atoms. The number of anilines is 1. The van der Waals surface area contributed by atoms with Crippen molar-refractivity contribution in [2.75, 3.05) is 25.4 Å². The van der Waals surface area contributed by atoms with Gasteiger partial charge in [0.25, 0.3) is 11.8 Å². The largest absolute Gasteiger partial charge is 0.418 e. The van der Waals surface area contributed by atoms with Gasteiger partial charge in [-0.05, 0) is 30.7 Å². The smallest absolute Gasteiger partial charge is 0.263 e. The Bertz CT molecular complexity index is 1630. The van der Waals surface area contributed by atoms with Gasteiger partial charge in [-0.25, -0.2) is 15.0 Å². The number of fused-ring (bicyclic) bond motifs is 6. The molecule has 1 aromatic carbocycles. The Balaban J connectivity index is 1.42. The lowest BCUT2D eigenvalue weighted by Crippen LogP contribution is -2.35. The van der Waals surface area contributed by atoms with Gasteiger partial charge in [0.1, 0.15) is 10.4 Å². The molecular weight excluding hydrogens is 478 g/mol. The first kappa shape index (κ1) is 17.8. The van der Waals surface area contributed by atoms with Gasteiger partial charge in [0.2, 0.25) is 17.0 Å². The molecule has 2 aliphatic rings. The normalized spacial score (nSPS) is 19.4. The first-order chi connectivity index (χ1) is 17.6. The second-order valence-electron chi connectivity index (χ2n) is 8.00. The molecule has 0 fully saturated rings. The van der Waals surface area contributed by atoms with Crippen LogP contribution in [0.15, 0.2) is 18.3 Å². The molecule has 5 heterocycles. The maximum atomic E-state index is 13.0. The minimum Gasteiger partial charge on any atom is -0.418 e. The maximum absolute atomic E-state index is 13.0. The molecule has 2 amide bonds. The van der Waals surface area contributed by atoms with Crippen molar-refractivity contribution in [3.05, 3.63) is 39.7 Å². The predicted octanol–water partition coefficient (Wildman–Crippen LogP) is 3.25. The molecule has 2 N–H and O–H groups in total. The van der Waals surface area contributed by atoms with E-state index in [1.165, 1.54) is 17.5 Å². The Morgan fingerprint density at radius 1 is 1.29 bits per heavy atom. The van der Waals surface area contributed by atoms with Crippen LogP contribution in [0, 0.1) is 0 Å². The van der Waals surface area contributed by atoms with Crippen molar-refractivity contribution in [2.45, 2.75) is 19.4 Å². The van der Waals surface area contributed by atoms with E-state index in [4.69, 9.17) is 20.5 Å². The molecular formula is C22H18ClN7O3S. The van der Waals surface area contributed by atoms with Crippen molar-refractivity contribution in [2.24, 2.45) is 0 Å². The minimum absolute atomic E-state index is 0.0298. The predicted molar refractivity (Wildman–Crippen MR) is 128 cm³/mol. The van der Waals surface area contributed by atoms with Gasteiger partial charge in [-0.1, -0.05) is 0 Å². The van der Waals surface area contributed by atoms with Crippen LogP contribution >= 0.6 is 22.9 Å². The number of hydrogen-bond donors (Lipinski definition) is 2. The number of carbonyl (C=O) groups is 2. The third-order valence-electron chi connectivity index (χ3n) is 5.67. The number of thiophene rings is 1. The number of hydrogen-bond acceptors (Lipinski definition) is 9. The monoisotopic (exact) mass is 498 g/mol. The van der Waals surface area contributed by atoms with Gasteiger partial charge in [-0.2, -0.15) is 4.98 Å². The van der Waals surface area contributed by atoms with Crippen LogP contribution in [0.1, 0.15) is 36.8 Å². The lowest BCUT2D eigenvalue weighted by Gasteiger charge is -2.24. The summed E-state index contributed by atoms with van der Waals surface area (Å²) in [6.45, 7) is -0.167. The first-order valence-corrected chi connectivity index (χ1v) is 11.6. The number of aromatic nitrogens is 4. The summed E-state index contributed by atoms with van der Waals surface area (Å²) >= 11 is 7.43. The molecule has 12 heteroatoms. The topological polar surface area (TPSA) is 122 Å². The summed E-state index contributed by atoms with van der Waals surface area (Å²) in [6.07, 6.45) is 1.56. The molecule has 6 rings (SSSR count). The van der Waals surface area contributed by atoms with Gasteiger partial charge in [-0.3, -0.25) is 9.59 Å². The number of nitrogens with one attached hydrogen (secondary N) is 2. The third kappa shape index (κ3) is 3.31. The highest BCUT2D eigenvalue weighted by molar-refractivity contribution is 7.21. The van der Waals surface area contributed by atoms with Crippen molar-refractivity contribution in [1.29, 1.82) is 0 Å². The van der Waals surface area contributed by atoms with Crippen LogP contribution in [0.5, 0.6) is 11.8 Å². The second-order valence-corrected chi connectivity index (χ2v) is 9.39. The molecule has 2 aliphatic heterocycles. The fourth-order valence-corrected chi connectivity index (χ4v) is 5.37. The summed E-state index contributed by atoms with van der Waals surface area (Å²) in [4.78, 5) is 44.2. The number of rotatable bonds is 2. The molecule has 4 aromatic rings. The molecule has 0 saturated carbocycles. The van der Waals surface area contributed by atoms with E-state index < -0.39 is 12.9 Å². The van der Waals surface area contributed by atoms with Gasteiger partial charge in [0.15, 0.2) is 0 Å². The quantitative estimate of drug-likeness (QED) is 0.404. The van der Waals surface area contributed by atoms with Gasteiger partial charge in [0, 0.05) is 46.7 Å². The van der Waals surface area contributed by atoms with E-state index in [9.17, 15) is 9.59 Å². The molecule has 0 radical (unpaired) electrons. The van der Waals surface area contributed by atoms with Crippen LogP contribution in [-0.4, -0.2) is 62.8 Å². The zero-order valence-corrected chi connectivity index (χ0v) is 19.3. The maximum Gasteiger partial charge on any atom is 0.263 e. The highest BCUT2D eigenvalue weighted by Gasteiger charge is 2.30. The zero-order chi connectivity index (χ0) is 26.1. The van der Waals surface area contributed by atoms with Crippen molar-refractivity contribution >= 4 is 61.6 Å². The van der Waals surface area contributed by atoms with E-state index in [1.54, 1.807) is 6.07 Å². The molecule has 1 unspecified atom stereocenters. The van der Waals surface area contributed by atoms with Crippen LogP contribution in [0.3, 0.4) is 0 Å². The molecule has 3 aromatic heterocycles. The van der Waals surface area contributed by atoms with Crippen molar-refractivity contribution in [1.82, 2.24) is 30.2 Å². The molecule has 10 nitrogen and oxygen atoms in total.